The van der Waals surface area contributed by atoms with E-state index in [9.17, 15) is 4.79 Å². The van der Waals surface area contributed by atoms with Crippen molar-refractivity contribution < 1.29 is 9.53 Å². The number of para-hydroxylation sites is 1. The molecule has 0 radical (unpaired) electrons. The predicted molar refractivity (Wildman–Crippen MR) is 86.1 cm³/mol. The predicted octanol–water partition coefficient (Wildman–Crippen LogP) is 4.36. The summed E-state index contributed by atoms with van der Waals surface area (Å²) >= 11 is 6.02. The highest BCUT2D eigenvalue weighted by Crippen LogP contribution is 2.23. The topological polar surface area (TPSA) is 38.3 Å². The summed E-state index contributed by atoms with van der Waals surface area (Å²) in [5.74, 6) is 0.487. The van der Waals surface area contributed by atoms with Gasteiger partial charge < -0.3 is 10.1 Å². The molecule has 0 aromatic heterocycles. The Balaban J connectivity index is 2.06. The van der Waals surface area contributed by atoms with Gasteiger partial charge in [-0.3, -0.25) is 4.79 Å². The second-order valence-corrected chi connectivity index (χ2v) is 5.41. The lowest BCUT2D eigenvalue weighted by Crippen LogP contribution is -2.30. The van der Waals surface area contributed by atoms with Crippen LogP contribution in [0.2, 0.25) is 5.02 Å². The van der Waals surface area contributed by atoms with E-state index in [0.717, 1.165) is 16.9 Å². The smallest absolute Gasteiger partial charge is 0.265 e. The van der Waals surface area contributed by atoms with E-state index < -0.39 is 6.10 Å². The fraction of sp³-hybridized carbons (Fsp3) is 0.235. The van der Waals surface area contributed by atoms with E-state index >= 15 is 0 Å². The maximum Gasteiger partial charge on any atom is 0.265 e. The number of benzene rings is 2. The van der Waals surface area contributed by atoms with Gasteiger partial charge in [0.1, 0.15) is 5.75 Å². The van der Waals surface area contributed by atoms with Crippen molar-refractivity contribution in [1.82, 2.24) is 0 Å². The van der Waals surface area contributed by atoms with Gasteiger partial charge >= 0.3 is 0 Å². The molecule has 21 heavy (non-hydrogen) atoms. The maximum atomic E-state index is 12.2. The van der Waals surface area contributed by atoms with Gasteiger partial charge in [-0.15, -0.1) is 0 Å². The molecule has 0 spiro atoms. The van der Waals surface area contributed by atoms with Crippen LogP contribution in [0.3, 0.4) is 0 Å². The molecule has 0 aliphatic carbocycles. The van der Waals surface area contributed by atoms with Crippen LogP contribution in [-0.2, 0) is 4.79 Å². The third kappa shape index (κ3) is 3.99. The molecule has 0 fully saturated rings. The molecule has 4 heteroatoms. The number of hydrogen-bond acceptors (Lipinski definition) is 2. The first-order valence-corrected chi connectivity index (χ1v) is 7.14. The van der Waals surface area contributed by atoms with Gasteiger partial charge in [-0.05, 0) is 50.1 Å². The number of anilines is 1. The van der Waals surface area contributed by atoms with Gasteiger partial charge in [0, 0.05) is 0 Å². The van der Waals surface area contributed by atoms with E-state index in [1.54, 1.807) is 19.1 Å². The minimum absolute atomic E-state index is 0.232. The Labute approximate surface area is 129 Å². The highest BCUT2D eigenvalue weighted by molar-refractivity contribution is 6.33. The zero-order valence-corrected chi connectivity index (χ0v) is 13.1. The normalized spacial score (nSPS) is 11.8. The Morgan fingerprint density at radius 2 is 1.90 bits per heavy atom. The Hall–Kier alpha value is -2.00. The number of amides is 1. The first-order valence-electron chi connectivity index (χ1n) is 6.76. The molecule has 1 atom stereocenters. The van der Waals surface area contributed by atoms with Crippen molar-refractivity contribution in [2.75, 3.05) is 5.32 Å². The SMILES string of the molecule is Cc1ccc(C)c(O[C@@H](C)C(=O)Nc2ccccc2Cl)c1. The molecule has 2 aromatic rings. The molecule has 110 valence electrons. The van der Waals surface area contributed by atoms with Crippen LogP contribution in [0.15, 0.2) is 42.5 Å². The summed E-state index contributed by atoms with van der Waals surface area (Å²) in [6, 6.07) is 13.0. The standard InChI is InChI=1S/C17H18ClNO2/c1-11-8-9-12(2)16(10-11)21-13(3)17(20)19-15-7-5-4-6-14(15)18/h4-10,13H,1-3H3,(H,19,20)/t13-/m0/s1. The third-order valence-corrected chi connectivity index (χ3v) is 3.48. The lowest BCUT2D eigenvalue weighted by molar-refractivity contribution is -0.122. The van der Waals surface area contributed by atoms with Gasteiger partial charge in [-0.25, -0.2) is 0 Å². The molecule has 0 aliphatic heterocycles. The summed E-state index contributed by atoms with van der Waals surface area (Å²) in [5.41, 5.74) is 2.67. The van der Waals surface area contributed by atoms with Crippen LogP contribution in [0.4, 0.5) is 5.69 Å². The van der Waals surface area contributed by atoms with Crippen molar-refractivity contribution in [2.24, 2.45) is 0 Å². The summed E-state index contributed by atoms with van der Waals surface area (Å²) in [5, 5.41) is 3.27. The van der Waals surface area contributed by atoms with Crippen LogP contribution < -0.4 is 10.1 Å². The average molecular weight is 304 g/mol. The summed E-state index contributed by atoms with van der Waals surface area (Å²) in [6.45, 7) is 5.65. The molecule has 2 aromatic carbocycles. The van der Waals surface area contributed by atoms with Crippen LogP contribution in [0.5, 0.6) is 5.75 Å². The Bertz CT molecular complexity index is 655. The van der Waals surface area contributed by atoms with Gasteiger partial charge in [0.15, 0.2) is 6.10 Å². The number of carbonyl (C=O) groups is 1. The number of ether oxygens (including phenoxy) is 1. The van der Waals surface area contributed by atoms with E-state index in [4.69, 9.17) is 16.3 Å². The van der Waals surface area contributed by atoms with Gasteiger partial charge in [0.25, 0.3) is 5.91 Å². The Kier molecular flexibility index (Phi) is 4.86. The molecular weight excluding hydrogens is 286 g/mol. The second kappa shape index (κ2) is 6.64. The number of carbonyl (C=O) groups excluding carboxylic acids is 1. The molecule has 0 saturated heterocycles. The molecule has 0 heterocycles. The molecule has 1 amide bonds. The van der Waals surface area contributed by atoms with Crippen molar-refractivity contribution in [3.63, 3.8) is 0 Å². The van der Waals surface area contributed by atoms with Gasteiger partial charge in [0.2, 0.25) is 0 Å². The van der Waals surface area contributed by atoms with E-state index in [1.165, 1.54) is 0 Å². The summed E-state index contributed by atoms with van der Waals surface area (Å²) in [4.78, 5) is 12.2. The van der Waals surface area contributed by atoms with Crippen molar-refractivity contribution >= 4 is 23.2 Å². The monoisotopic (exact) mass is 303 g/mol. The van der Waals surface area contributed by atoms with Crippen molar-refractivity contribution in [2.45, 2.75) is 26.9 Å². The van der Waals surface area contributed by atoms with Crippen molar-refractivity contribution in [1.29, 1.82) is 0 Å². The second-order valence-electron chi connectivity index (χ2n) is 5.00. The van der Waals surface area contributed by atoms with E-state index in [-0.39, 0.29) is 5.91 Å². The zero-order valence-electron chi connectivity index (χ0n) is 12.3. The Morgan fingerprint density at radius 3 is 2.62 bits per heavy atom. The average Bonchev–Trinajstić information content (AvgIpc) is 2.45. The zero-order chi connectivity index (χ0) is 15.4. The summed E-state index contributed by atoms with van der Waals surface area (Å²) in [7, 11) is 0. The number of rotatable bonds is 4. The molecule has 1 N–H and O–H groups in total. The minimum Gasteiger partial charge on any atom is -0.481 e. The molecule has 0 bridgehead atoms. The highest BCUT2D eigenvalue weighted by Gasteiger charge is 2.16. The van der Waals surface area contributed by atoms with Gasteiger partial charge in [-0.2, -0.15) is 0 Å². The first kappa shape index (κ1) is 15.4. The number of nitrogens with one attached hydrogen (secondary N) is 1. The van der Waals surface area contributed by atoms with Crippen LogP contribution in [-0.4, -0.2) is 12.0 Å². The highest BCUT2D eigenvalue weighted by atomic mass is 35.5. The first-order chi connectivity index (χ1) is 9.97. The number of aryl methyl sites for hydroxylation is 2. The molecule has 0 aliphatic rings. The largest absolute Gasteiger partial charge is 0.481 e. The molecule has 0 saturated carbocycles. The Morgan fingerprint density at radius 1 is 1.19 bits per heavy atom. The molecule has 3 nitrogen and oxygen atoms in total. The fourth-order valence-electron chi connectivity index (χ4n) is 1.88. The van der Waals surface area contributed by atoms with Crippen LogP contribution in [0, 0.1) is 13.8 Å². The summed E-state index contributed by atoms with van der Waals surface area (Å²) < 4.78 is 5.74. The molecule has 0 unspecified atom stereocenters. The van der Waals surface area contributed by atoms with Crippen molar-refractivity contribution in [3.8, 4) is 5.75 Å². The lowest BCUT2D eigenvalue weighted by Gasteiger charge is -2.17. The minimum atomic E-state index is -0.609. The van der Waals surface area contributed by atoms with Crippen LogP contribution >= 0.6 is 11.6 Å². The number of hydrogen-bond donors (Lipinski definition) is 1. The van der Waals surface area contributed by atoms with Crippen molar-refractivity contribution in [3.05, 3.63) is 58.6 Å². The van der Waals surface area contributed by atoms with Gasteiger partial charge in [-0.1, -0.05) is 35.9 Å². The quantitative estimate of drug-likeness (QED) is 0.911. The summed E-state index contributed by atoms with van der Waals surface area (Å²) in [6.07, 6.45) is -0.609. The number of halogens is 1. The third-order valence-electron chi connectivity index (χ3n) is 3.15. The molecular formula is C17H18ClNO2. The van der Waals surface area contributed by atoms with E-state index in [1.807, 2.05) is 44.2 Å². The fourth-order valence-corrected chi connectivity index (χ4v) is 2.06. The lowest BCUT2D eigenvalue weighted by atomic mass is 10.1. The maximum absolute atomic E-state index is 12.2. The molecule has 2 rings (SSSR count). The van der Waals surface area contributed by atoms with E-state index in [2.05, 4.69) is 5.32 Å². The van der Waals surface area contributed by atoms with Crippen LogP contribution in [0.1, 0.15) is 18.1 Å². The van der Waals surface area contributed by atoms with Crippen LogP contribution in [0.25, 0.3) is 0 Å². The van der Waals surface area contributed by atoms with Gasteiger partial charge in [0.05, 0.1) is 10.7 Å². The van der Waals surface area contributed by atoms with E-state index in [0.29, 0.717) is 10.7 Å².